The number of nitrogens with one attached hydrogen (secondary N) is 3. The highest BCUT2D eigenvalue weighted by molar-refractivity contribution is 6.41. The van der Waals surface area contributed by atoms with E-state index in [2.05, 4.69) is 25.9 Å². The summed E-state index contributed by atoms with van der Waals surface area (Å²) in [6, 6.07) is 3.11. The molecule has 1 aliphatic rings. The molecule has 0 radical (unpaired) electrons. The van der Waals surface area contributed by atoms with Gasteiger partial charge in [-0.05, 0) is 18.6 Å². The number of benzene rings is 1. The van der Waals surface area contributed by atoms with E-state index in [1.54, 1.807) is 24.4 Å². The Morgan fingerprint density at radius 3 is 2.62 bits per heavy atom. The van der Waals surface area contributed by atoms with E-state index in [-0.39, 0.29) is 35.2 Å². The zero-order valence-electron chi connectivity index (χ0n) is 21.7. The number of fused-ring (bicyclic) bond motifs is 1. The Kier molecular flexibility index (Phi) is 9.93. The van der Waals surface area contributed by atoms with Gasteiger partial charge in [-0.25, -0.2) is 15.0 Å². The molecule has 0 spiro atoms. The molecule has 0 bridgehead atoms. The second-order valence-corrected chi connectivity index (χ2v) is 9.44. The molecule has 4 N–H and O–H groups in total. The molecule has 2 aromatic heterocycles. The zero-order valence-corrected chi connectivity index (χ0v) is 23.3. The summed E-state index contributed by atoms with van der Waals surface area (Å²) in [7, 11) is 2.97. The van der Waals surface area contributed by atoms with Gasteiger partial charge in [-0.2, -0.15) is 0 Å². The monoisotopic (exact) mass is 590 g/mol. The molecule has 40 heavy (non-hydrogen) atoms. The van der Waals surface area contributed by atoms with Gasteiger partial charge in [-0.3, -0.25) is 14.9 Å². The number of carbonyl (C=O) groups excluding carboxylic acids is 2. The van der Waals surface area contributed by atoms with E-state index < -0.39 is 5.91 Å². The molecule has 1 aliphatic heterocycles. The number of aliphatic hydroxyl groups is 1. The Balaban J connectivity index is 1.72. The largest absolute Gasteiger partial charge is 0.495 e. The van der Waals surface area contributed by atoms with Crippen LogP contribution in [0.2, 0.25) is 10.0 Å². The van der Waals surface area contributed by atoms with Gasteiger partial charge in [0.15, 0.2) is 5.82 Å². The van der Waals surface area contributed by atoms with Crippen LogP contribution < -0.4 is 25.4 Å². The van der Waals surface area contributed by atoms with Gasteiger partial charge in [0.05, 0.1) is 49.2 Å². The number of pyridine rings is 1. The lowest BCUT2D eigenvalue weighted by Gasteiger charge is -2.30. The van der Waals surface area contributed by atoms with E-state index in [1.165, 1.54) is 20.3 Å². The molecule has 12 nitrogen and oxygen atoms in total. The van der Waals surface area contributed by atoms with Crippen LogP contribution in [-0.2, 0) is 14.3 Å². The first-order chi connectivity index (χ1) is 19.4. The van der Waals surface area contributed by atoms with Gasteiger partial charge < -0.3 is 30.0 Å². The number of nitrogens with zero attached hydrogens (tertiary/aromatic N) is 3. The SMILES string of the molecule is COc1cc(OC)c(Cl)c(-c2cc3cnc(N[C@@H]4COCC[C@H]4C=CC(=O)NC=O)nc3c(NCCO)n2)c1Cl. The second-order valence-electron chi connectivity index (χ2n) is 8.69. The van der Waals surface area contributed by atoms with Crippen molar-refractivity contribution in [2.75, 3.05) is 51.2 Å². The number of methoxy groups -OCH3 is 2. The van der Waals surface area contributed by atoms with Gasteiger partial charge in [0, 0.05) is 42.3 Å². The smallest absolute Gasteiger partial charge is 0.250 e. The zero-order chi connectivity index (χ0) is 28.6. The van der Waals surface area contributed by atoms with Crippen LogP contribution in [-0.4, -0.2) is 79.0 Å². The van der Waals surface area contributed by atoms with E-state index in [1.807, 2.05) is 0 Å². The number of carbonyl (C=O) groups is 2. The Bertz CT molecular complexity index is 1390. The van der Waals surface area contributed by atoms with Gasteiger partial charge in [-0.1, -0.05) is 29.3 Å². The van der Waals surface area contributed by atoms with Crippen molar-refractivity contribution in [1.29, 1.82) is 0 Å². The quantitative estimate of drug-likeness (QED) is 0.192. The molecule has 0 saturated carbocycles. The average molecular weight is 591 g/mol. The number of anilines is 2. The summed E-state index contributed by atoms with van der Waals surface area (Å²) >= 11 is 13.3. The van der Waals surface area contributed by atoms with Gasteiger partial charge in [0.2, 0.25) is 18.3 Å². The standard InChI is InChI=1S/C26H28Cl2N6O6/c1-38-18-10-19(39-2)23(28)21(22(18)27)16-9-15-11-30-26(34-24(15)25(32-16)29-6-7-35)33-17-12-40-8-5-14(17)3-4-20(37)31-13-36/h3-4,9-11,13-14,17,35H,5-8,12H2,1-2H3,(H,29,32)(H,30,33,34)(H,31,36,37)/t14-,17-/m1/s1. The summed E-state index contributed by atoms with van der Waals surface area (Å²) in [4.78, 5) is 36.1. The lowest BCUT2D eigenvalue weighted by molar-refractivity contribution is -0.121. The number of imide groups is 1. The molecule has 3 heterocycles. The van der Waals surface area contributed by atoms with Gasteiger partial charge in [-0.15, -0.1) is 0 Å². The molecule has 14 heteroatoms. The fourth-order valence-corrected chi connectivity index (χ4v) is 4.96. The van der Waals surface area contributed by atoms with Crippen molar-refractivity contribution in [3.8, 4) is 22.8 Å². The third kappa shape index (κ3) is 6.53. The van der Waals surface area contributed by atoms with Crippen LogP contribution in [0, 0.1) is 5.92 Å². The van der Waals surface area contributed by atoms with Crippen LogP contribution in [0.15, 0.2) is 30.5 Å². The molecule has 212 valence electrons. The van der Waals surface area contributed by atoms with Crippen molar-refractivity contribution in [3.05, 3.63) is 40.5 Å². The lowest BCUT2D eigenvalue weighted by Crippen LogP contribution is -2.38. The van der Waals surface area contributed by atoms with E-state index in [0.717, 1.165) is 0 Å². The van der Waals surface area contributed by atoms with Gasteiger partial charge >= 0.3 is 0 Å². The van der Waals surface area contributed by atoms with Crippen molar-refractivity contribution >= 4 is 58.2 Å². The van der Waals surface area contributed by atoms with E-state index >= 15 is 0 Å². The van der Waals surface area contributed by atoms with Crippen molar-refractivity contribution in [1.82, 2.24) is 20.3 Å². The third-order valence-electron chi connectivity index (χ3n) is 6.22. The molecule has 0 aliphatic carbocycles. The van der Waals surface area contributed by atoms with Crippen LogP contribution in [0.5, 0.6) is 11.5 Å². The summed E-state index contributed by atoms with van der Waals surface area (Å²) < 4.78 is 16.4. The van der Waals surface area contributed by atoms with E-state index in [0.29, 0.717) is 71.5 Å². The number of hydrogen-bond acceptors (Lipinski definition) is 11. The van der Waals surface area contributed by atoms with Crippen LogP contribution in [0.3, 0.4) is 0 Å². The Morgan fingerprint density at radius 1 is 1.20 bits per heavy atom. The van der Waals surface area contributed by atoms with Crippen molar-refractivity contribution in [2.45, 2.75) is 12.5 Å². The Labute approximate surface area is 240 Å². The van der Waals surface area contributed by atoms with Crippen LogP contribution in [0.25, 0.3) is 22.2 Å². The lowest BCUT2D eigenvalue weighted by atomic mass is 9.94. The first kappa shape index (κ1) is 29.3. The first-order valence-corrected chi connectivity index (χ1v) is 13.0. The summed E-state index contributed by atoms with van der Waals surface area (Å²) in [5.74, 6) is 0.856. The topological polar surface area (TPSA) is 157 Å². The number of rotatable bonds is 11. The highest BCUT2D eigenvalue weighted by Crippen LogP contribution is 2.46. The van der Waals surface area contributed by atoms with Gasteiger partial charge in [0.1, 0.15) is 17.0 Å². The Hall–Kier alpha value is -3.71. The van der Waals surface area contributed by atoms with Crippen LogP contribution in [0.1, 0.15) is 6.42 Å². The fraction of sp³-hybridized carbons (Fsp3) is 0.346. The number of halogens is 2. The fourth-order valence-electron chi connectivity index (χ4n) is 4.26. The second kappa shape index (κ2) is 13.6. The molecule has 1 fully saturated rings. The minimum Gasteiger partial charge on any atom is -0.495 e. The maximum Gasteiger partial charge on any atom is 0.250 e. The molecule has 3 aromatic rings. The average Bonchev–Trinajstić information content (AvgIpc) is 2.96. The summed E-state index contributed by atoms with van der Waals surface area (Å²) in [6.07, 6.45) is 5.69. The minimum atomic E-state index is -0.502. The molecule has 4 rings (SSSR count). The molecule has 1 saturated heterocycles. The van der Waals surface area contributed by atoms with E-state index in [4.69, 9.17) is 42.4 Å². The normalized spacial score (nSPS) is 17.0. The number of hydrogen-bond donors (Lipinski definition) is 4. The molecular weight excluding hydrogens is 563 g/mol. The highest BCUT2D eigenvalue weighted by atomic mass is 35.5. The number of aliphatic hydroxyl groups excluding tert-OH is 1. The van der Waals surface area contributed by atoms with Crippen LogP contribution >= 0.6 is 23.2 Å². The van der Waals surface area contributed by atoms with Crippen molar-refractivity contribution in [2.24, 2.45) is 5.92 Å². The van der Waals surface area contributed by atoms with Gasteiger partial charge in [0.25, 0.3) is 0 Å². The van der Waals surface area contributed by atoms with Crippen molar-refractivity contribution < 1.29 is 28.9 Å². The predicted molar refractivity (Wildman–Crippen MR) is 151 cm³/mol. The number of aromatic nitrogens is 3. The van der Waals surface area contributed by atoms with Crippen LogP contribution in [0.4, 0.5) is 11.8 Å². The molecule has 0 unspecified atom stereocenters. The molecule has 2 atom stereocenters. The number of amides is 2. The first-order valence-electron chi connectivity index (χ1n) is 12.3. The highest BCUT2D eigenvalue weighted by Gasteiger charge is 2.26. The minimum absolute atomic E-state index is 0.0646. The third-order valence-corrected chi connectivity index (χ3v) is 6.97. The summed E-state index contributed by atoms with van der Waals surface area (Å²) in [5, 5.41) is 19.0. The van der Waals surface area contributed by atoms with E-state index in [9.17, 15) is 14.7 Å². The Morgan fingerprint density at radius 2 is 1.95 bits per heavy atom. The number of ether oxygens (including phenoxy) is 3. The summed E-state index contributed by atoms with van der Waals surface area (Å²) in [5.41, 5.74) is 1.32. The maximum absolute atomic E-state index is 11.7. The maximum atomic E-state index is 11.7. The van der Waals surface area contributed by atoms with Crippen molar-refractivity contribution in [3.63, 3.8) is 0 Å². The predicted octanol–water partition coefficient (Wildman–Crippen LogP) is 3.07. The molecule has 1 aromatic carbocycles. The summed E-state index contributed by atoms with van der Waals surface area (Å²) in [6.45, 7) is 0.979. The molecular formula is C26H28Cl2N6O6. The molecule has 2 amide bonds.